The number of aromatic amines is 2. The first-order valence-corrected chi connectivity index (χ1v) is 7.43. The second-order valence-electron chi connectivity index (χ2n) is 5.33. The van der Waals surface area contributed by atoms with Crippen LogP contribution in [0.1, 0.15) is 11.4 Å². The van der Waals surface area contributed by atoms with Gasteiger partial charge in [0, 0.05) is 11.8 Å². The Kier molecular flexibility index (Phi) is 4.29. The normalized spacial score (nSPS) is 11.2. The summed E-state index contributed by atoms with van der Waals surface area (Å²) in [6.07, 6.45) is 0. The molecule has 2 N–H and O–H groups in total. The summed E-state index contributed by atoms with van der Waals surface area (Å²) < 4.78 is 6.21. The summed E-state index contributed by atoms with van der Waals surface area (Å²) in [5.41, 5.74) is 0.923. The van der Waals surface area contributed by atoms with E-state index in [4.69, 9.17) is 4.74 Å². The van der Waals surface area contributed by atoms with E-state index < -0.39 is 5.56 Å². The van der Waals surface area contributed by atoms with Crippen LogP contribution in [0.15, 0.2) is 50.1 Å². The third-order valence-corrected chi connectivity index (χ3v) is 3.45. The molecule has 9 nitrogen and oxygen atoms in total. The summed E-state index contributed by atoms with van der Waals surface area (Å²) in [7, 11) is 1.58. The van der Waals surface area contributed by atoms with Crippen molar-refractivity contribution in [1.82, 2.24) is 19.7 Å². The van der Waals surface area contributed by atoms with Crippen molar-refractivity contribution in [2.75, 3.05) is 7.11 Å². The van der Waals surface area contributed by atoms with Crippen LogP contribution in [0.4, 0.5) is 11.4 Å². The van der Waals surface area contributed by atoms with Crippen molar-refractivity contribution >= 4 is 11.4 Å². The lowest BCUT2D eigenvalue weighted by Crippen LogP contribution is -2.21. The highest BCUT2D eigenvalue weighted by Gasteiger charge is 2.14. The van der Waals surface area contributed by atoms with E-state index in [-0.39, 0.29) is 17.2 Å². The fourth-order valence-corrected chi connectivity index (χ4v) is 2.23. The number of nitrogens with one attached hydrogen (secondary N) is 2. The molecule has 0 atom stereocenters. The number of ether oxygens (including phenoxy) is 1. The second-order valence-corrected chi connectivity index (χ2v) is 5.33. The Morgan fingerprint density at radius 1 is 1.12 bits per heavy atom. The van der Waals surface area contributed by atoms with E-state index in [1.807, 2.05) is 0 Å². The van der Waals surface area contributed by atoms with Gasteiger partial charge in [0.1, 0.15) is 5.75 Å². The minimum atomic E-state index is -0.455. The summed E-state index contributed by atoms with van der Waals surface area (Å²) in [5, 5.41) is 10.9. The molecule has 128 valence electrons. The van der Waals surface area contributed by atoms with Gasteiger partial charge >= 0.3 is 5.56 Å². The third-order valence-electron chi connectivity index (χ3n) is 3.45. The van der Waals surface area contributed by atoms with Gasteiger partial charge in [0.05, 0.1) is 18.5 Å². The molecule has 2 heterocycles. The minimum Gasteiger partial charge on any atom is -0.497 e. The smallest absolute Gasteiger partial charge is 0.301 e. The van der Waals surface area contributed by atoms with Crippen molar-refractivity contribution < 1.29 is 4.74 Å². The summed E-state index contributed by atoms with van der Waals surface area (Å²) >= 11 is 0. The van der Waals surface area contributed by atoms with Crippen LogP contribution in [0.2, 0.25) is 0 Å². The molecule has 0 fully saturated rings. The summed E-state index contributed by atoms with van der Waals surface area (Å²) in [6, 6.07) is 8.29. The van der Waals surface area contributed by atoms with E-state index in [1.165, 1.54) is 6.07 Å². The van der Waals surface area contributed by atoms with Crippen molar-refractivity contribution in [3.05, 3.63) is 62.4 Å². The standard InChI is InChI=1S/C16H16N6O3/c1-9-8-13(23)18-16(17-9)22-15(24)14(10(2)21-22)20-19-11-4-6-12(25-3)7-5-11/h4-8,21H,1-3H3,(H,17,18,23). The third kappa shape index (κ3) is 3.39. The number of aromatic nitrogens is 4. The van der Waals surface area contributed by atoms with Crippen molar-refractivity contribution in [2.24, 2.45) is 10.2 Å². The summed E-state index contributed by atoms with van der Waals surface area (Å²) in [4.78, 5) is 30.8. The predicted molar refractivity (Wildman–Crippen MR) is 91.4 cm³/mol. The molecule has 0 spiro atoms. The zero-order valence-corrected chi connectivity index (χ0v) is 13.9. The number of hydrogen-bond acceptors (Lipinski definition) is 6. The number of H-pyrrole nitrogens is 2. The van der Waals surface area contributed by atoms with Gasteiger partial charge in [0.2, 0.25) is 5.95 Å². The fraction of sp³-hybridized carbons (Fsp3) is 0.188. The molecule has 0 aliphatic carbocycles. The maximum atomic E-state index is 12.5. The number of rotatable bonds is 4. The van der Waals surface area contributed by atoms with E-state index in [2.05, 4.69) is 25.3 Å². The maximum Gasteiger partial charge on any atom is 0.301 e. The molecular formula is C16H16N6O3. The number of hydrogen-bond donors (Lipinski definition) is 2. The quantitative estimate of drug-likeness (QED) is 0.708. The molecule has 0 saturated heterocycles. The van der Waals surface area contributed by atoms with Gasteiger partial charge in [-0.05, 0) is 38.1 Å². The van der Waals surface area contributed by atoms with Gasteiger partial charge in [-0.2, -0.15) is 9.80 Å². The minimum absolute atomic E-state index is 0.101. The molecule has 1 aromatic carbocycles. The predicted octanol–water partition coefficient (Wildman–Crippen LogP) is 2.29. The molecule has 0 saturated carbocycles. The Morgan fingerprint density at radius 3 is 2.48 bits per heavy atom. The Morgan fingerprint density at radius 2 is 1.84 bits per heavy atom. The van der Waals surface area contributed by atoms with Crippen LogP contribution in [0.25, 0.3) is 5.95 Å². The molecule has 3 rings (SSSR count). The molecular weight excluding hydrogens is 324 g/mol. The number of nitrogens with zero attached hydrogens (tertiary/aromatic N) is 4. The number of benzene rings is 1. The zero-order valence-electron chi connectivity index (χ0n) is 13.9. The lowest BCUT2D eigenvalue weighted by atomic mass is 10.3. The van der Waals surface area contributed by atoms with Gasteiger partial charge in [-0.15, -0.1) is 5.11 Å². The van der Waals surface area contributed by atoms with Crippen LogP contribution in [-0.4, -0.2) is 26.9 Å². The highest BCUT2D eigenvalue weighted by molar-refractivity contribution is 5.44. The Bertz CT molecular complexity index is 1040. The van der Waals surface area contributed by atoms with Crippen LogP contribution in [-0.2, 0) is 0 Å². The largest absolute Gasteiger partial charge is 0.497 e. The molecule has 2 aromatic heterocycles. The first-order valence-electron chi connectivity index (χ1n) is 7.43. The van der Waals surface area contributed by atoms with Gasteiger partial charge in [-0.3, -0.25) is 19.7 Å². The summed E-state index contributed by atoms with van der Waals surface area (Å²) in [6.45, 7) is 3.36. The molecule has 0 amide bonds. The molecule has 0 aliphatic rings. The van der Waals surface area contributed by atoms with Gasteiger partial charge in [0.15, 0.2) is 5.69 Å². The van der Waals surface area contributed by atoms with Crippen molar-refractivity contribution in [3.8, 4) is 11.7 Å². The lowest BCUT2D eigenvalue weighted by molar-refractivity contribution is 0.415. The molecule has 0 aliphatic heterocycles. The fourth-order valence-electron chi connectivity index (χ4n) is 2.23. The van der Waals surface area contributed by atoms with E-state index in [0.717, 1.165) is 4.68 Å². The maximum absolute atomic E-state index is 12.5. The molecule has 0 radical (unpaired) electrons. The van der Waals surface area contributed by atoms with Gasteiger partial charge in [0.25, 0.3) is 5.56 Å². The molecule has 9 heteroatoms. The first-order chi connectivity index (χ1) is 12.0. The van der Waals surface area contributed by atoms with E-state index in [1.54, 1.807) is 45.2 Å². The number of azo groups is 1. The van der Waals surface area contributed by atoms with Crippen LogP contribution in [0.5, 0.6) is 5.75 Å². The van der Waals surface area contributed by atoms with Crippen LogP contribution >= 0.6 is 0 Å². The lowest BCUT2D eigenvalue weighted by Gasteiger charge is -2.00. The second kappa shape index (κ2) is 6.56. The van der Waals surface area contributed by atoms with E-state index in [0.29, 0.717) is 22.8 Å². The zero-order chi connectivity index (χ0) is 18.0. The highest BCUT2D eigenvalue weighted by Crippen LogP contribution is 2.21. The molecule has 25 heavy (non-hydrogen) atoms. The van der Waals surface area contributed by atoms with Gasteiger partial charge in [-0.1, -0.05) is 0 Å². The number of aryl methyl sites for hydroxylation is 2. The monoisotopic (exact) mass is 340 g/mol. The van der Waals surface area contributed by atoms with Crippen molar-refractivity contribution in [1.29, 1.82) is 0 Å². The first kappa shape index (κ1) is 16.4. The molecule has 0 unspecified atom stereocenters. The van der Waals surface area contributed by atoms with Crippen LogP contribution in [0.3, 0.4) is 0 Å². The topological polar surface area (TPSA) is 117 Å². The average Bonchev–Trinajstić information content (AvgIpc) is 2.87. The van der Waals surface area contributed by atoms with Crippen LogP contribution in [0, 0.1) is 13.8 Å². The Balaban J connectivity index is 1.98. The molecule has 3 aromatic rings. The Hall–Kier alpha value is -3.49. The number of methoxy groups -OCH3 is 1. The Labute approximate surface area is 142 Å². The highest BCUT2D eigenvalue weighted by atomic mass is 16.5. The SMILES string of the molecule is COc1ccc(N=Nc2c(C)[nH]n(-c3nc(C)cc(=O)[nH]3)c2=O)cc1. The van der Waals surface area contributed by atoms with Crippen molar-refractivity contribution in [3.63, 3.8) is 0 Å². The van der Waals surface area contributed by atoms with E-state index >= 15 is 0 Å². The van der Waals surface area contributed by atoms with E-state index in [9.17, 15) is 9.59 Å². The van der Waals surface area contributed by atoms with Gasteiger partial charge in [-0.25, -0.2) is 4.98 Å². The average molecular weight is 340 g/mol. The van der Waals surface area contributed by atoms with Crippen LogP contribution < -0.4 is 15.9 Å². The van der Waals surface area contributed by atoms with Crippen molar-refractivity contribution in [2.45, 2.75) is 13.8 Å². The summed E-state index contributed by atoms with van der Waals surface area (Å²) in [5.74, 6) is 0.803. The van der Waals surface area contributed by atoms with Gasteiger partial charge < -0.3 is 4.74 Å². The molecule has 0 bridgehead atoms.